The Labute approximate surface area is 125 Å². The lowest BCUT2D eigenvalue weighted by Crippen LogP contribution is -2.27. The molecule has 3 rings (SSSR count). The third-order valence-electron chi connectivity index (χ3n) is 4.03. The van der Waals surface area contributed by atoms with Crippen LogP contribution in [0.3, 0.4) is 0 Å². The molecule has 1 heterocycles. The Morgan fingerprint density at radius 2 is 2.05 bits per heavy atom. The molecule has 0 spiro atoms. The Morgan fingerprint density at radius 3 is 2.90 bits per heavy atom. The van der Waals surface area contributed by atoms with Crippen molar-refractivity contribution in [3.63, 3.8) is 0 Å². The zero-order valence-corrected chi connectivity index (χ0v) is 12.5. The summed E-state index contributed by atoms with van der Waals surface area (Å²) in [5.41, 5.74) is 6.31. The molecule has 1 aliphatic rings. The number of aryl methyl sites for hydroxylation is 2. The molecular formula is C18H20N2O. The number of hydrogen-bond donors (Lipinski definition) is 2. The summed E-state index contributed by atoms with van der Waals surface area (Å²) in [5, 5.41) is 6.39. The Morgan fingerprint density at radius 1 is 1.19 bits per heavy atom. The fourth-order valence-corrected chi connectivity index (χ4v) is 2.79. The number of rotatable bonds is 2. The maximum Gasteiger partial charge on any atom is 0.256 e. The predicted molar refractivity (Wildman–Crippen MR) is 85.7 cm³/mol. The van der Waals surface area contributed by atoms with Crippen molar-refractivity contribution in [3.05, 3.63) is 64.2 Å². The van der Waals surface area contributed by atoms with Crippen LogP contribution in [0, 0.1) is 13.8 Å². The highest BCUT2D eigenvalue weighted by molar-refractivity contribution is 6.06. The van der Waals surface area contributed by atoms with Gasteiger partial charge >= 0.3 is 0 Å². The lowest BCUT2D eigenvalue weighted by Gasteiger charge is -2.20. The second-order valence-corrected chi connectivity index (χ2v) is 5.64. The molecule has 3 heteroatoms. The van der Waals surface area contributed by atoms with E-state index in [0.29, 0.717) is 0 Å². The van der Waals surface area contributed by atoms with Crippen molar-refractivity contribution < 1.29 is 4.79 Å². The molecule has 0 aliphatic carbocycles. The van der Waals surface area contributed by atoms with E-state index in [0.717, 1.165) is 47.5 Å². The molecule has 0 saturated heterocycles. The zero-order valence-electron chi connectivity index (χ0n) is 12.5. The molecule has 2 aromatic carbocycles. The first-order chi connectivity index (χ1) is 10.1. The van der Waals surface area contributed by atoms with Crippen molar-refractivity contribution in [2.24, 2.45) is 0 Å². The maximum atomic E-state index is 12.6. The standard InChI is InChI=1S/C18H20N2O/c1-12-6-7-13(2)17(10-12)20-18(21)15-5-3-4-14-8-9-19-11-16(14)15/h3-7,10,19H,8-9,11H2,1-2H3,(H,20,21). The van der Waals surface area contributed by atoms with Crippen LogP contribution in [0.2, 0.25) is 0 Å². The Balaban J connectivity index is 1.91. The maximum absolute atomic E-state index is 12.6. The minimum absolute atomic E-state index is 0.0238. The van der Waals surface area contributed by atoms with Crippen LogP contribution in [0.1, 0.15) is 32.6 Å². The average Bonchev–Trinajstić information content (AvgIpc) is 2.50. The molecule has 108 valence electrons. The molecule has 2 N–H and O–H groups in total. The van der Waals surface area contributed by atoms with E-state index in [1.54, 1.807) is 0 Å². The second kappa shape index (κ2) is 5.70. The van der Waals surface area contributed by atoms with Crippen molar-refractivity contribution >= 4 is 11.6 Å². The fraction of sp³-hybridized carbons (Fsp3) is 0.278. The van der Waals surface area contributed by atoms with Gasteiger partial charge in [-0.05, 0) is 61.2 Å². The van der Waals surface area contributed by atoms with Crippen molar-refractivity contribution in [3.8, 4) is 0 Å². The zero-order chi connectivity index (χ0) is 14.8. The number of anilines is 1. The summed E-state index contributed by atoms with van der Waals surface area (Å²) in [6.45, 7) is 5.79. The first-order valence-electron chi connectivity index (χ1n) is 7.35. The SMILES string of the molecule is Cc1ccc(C)c(NC(=O)c2cccc3c2CNCC3)c1. The number of nitrogens with one attached hydrogen (secondary N) is 2. The molecule has 3 nitrogen and oxygen atoms in total. The first kappa shape index (κ1) is 13.8. The molecule has 2 aromatic rings. The van der Waals surface area contributed by atoms with Gasteiger partial charge in [-0.3, -0.25) is 4.79 Å². The van der Waals surface area contributed by atoms with Crippen LogP contribution in [0.15, 0.2) is 36.4 Å². The van der Waals surface area contributed by atoms with E-state index in [9.17, 15) is 4.79 Å². The van der Waals surface area contributed by atoms with Crippen LogP contribution >= 0.6 is 0 Å². The third kappa shape index (κ3) is 2.83. The van der Waals surface area contributed by atoms with Gasteiger partial charge in [-0.2, -0.15) is 0 Å². The van der Waals surface area contributed by atoms with Gasteiger partial charge in [0.15, 0.2) is 0 Å². The summed E-state index contributed by atoms with van der Waals surface area (Å²) in [5.74, 6) is -0.0238. The highest BCUT2D eigenvalue weighted by atomic mass is 16.1. The molecule has 0 fully saturated rings. The van der Waals surface area contributed by atoms with Crippen LogP contribution in [0.4, 0.5) is 5.69 Å². The molecule has 0 atom stereocenters. The average molecular weight is 280 g/mol. The normalized spacial score (nSPS) is 13.6. The van der Waals surface area contributed by atoms with Gasteiger partial charge in [-0.15, -0.1) is 0 Å². The summed E-state index contributed by atoms with van der Waals surface area (Å²) in [7, 11) is 0. The second-order valence-electron chi connectivity index (χ2n) is 5.64. The van der Waals surface area contributed by atoms with Gasteiger partial charge in [-0.1, -0.05) is 24.3 Å². The molecule has 0 unspecified atom stereocenters. The van der Waals surface area contributed by atoms with Crippen LogP contribution in [0.25, 0.3) is 0 Å². The van der Waals surface area contributed by atoms with E-state index in [1.807, 2.05) is 38.1 Å². The van der Waals surface area contributed by atoms with Gasteiger partial charge in [0.05, 0.1) is 0 Å². The third-order valence-corrected chi connectivity index (χ3v) is 4.03. The highest BCUT2D eigenvalue weighted by Gasteiger charge is 2.17. The van der Waals surface area contributed by atoms with Gasteiger partial charge in [0.25, 0.3) is 5.91 Å². The lowest BCUT2D eigenvalue weighted by atomic mass is 9.95. The molecule has 0 saturated carbocycles. The molecule has 0 aromatic heterocycles. The molecule has 1 aliphatic heterocycles. The lowest BCUT2D eigenvalue weighted by molar-refractivity contribution is 0.102. The van der Waals surface area contributed by atoms with Crippen molar-refractivity contribution in [1.29, 1.82) is 0 Å². The van der Waals surface area contributed by atoms with E-state index in [4.69, 9.17) is 0 Å². The predicted octanol–water partition coefficient (Wildman–Crippen LogP) is 3.20. The topological polar surface area (TPSA) is 41.1 Å². The minimum Gasteiger partial charge on any atom is -0.322 e. The number of amides is 1. The van der Waals surface area contributed by atoms with Gasteiger partial charge in [-0.25, -0.2) is 0 Å². The quantitative estimate of drug-likeness (QED) is 0.887. The number of carbonyl (C=O) groups excluding carboxylic acids is 1. The summed E-state index contributed by atoms with van der Waals surface area (Å²) in [4.78, 5) is 12.6. The summed E-state index contributed by atoms with van der Waals surface area (Å²) >= 11 is 0. The number of hydrogen-bond acceptors (Lipinski definition) is 2. The van der Waals surface area contributed by atoms with Crippen molar-refractivity contribution in [1.82, 2.24) is 5.32 Å². The molecular weight excluding hydrogens is 260 g/mol. The first-order valence-corrected chi connectivity index (χ1v) is 7.35. The minimum atomic E-state index is -0.0238. The number of fused-ring (bicyclic) bond motifs is 1. The van der Waals surface area contributed by atoms with Gasteiger partial charge in [0, 0.05) is 17.8 Å². The Hall–Kier alpha value is -2.13. The summed E-state index contributed by atoms with van der Waals surface area (Å²) in [6.07, 6.45) is 0.986. The monoisotopic (exact) mass is 280 g/mol. The van der Waals surface area contributed by atoms with E-state index in [-0.39, 0.29) is 5.91 Å². The van der Waals surface area contributed by atoms with E-state index in [2.05, 4.69) is 22.8 Å². The highest BCUT2D eigenvalue weighted by Crippen LogP contribution is 2.22. The smallest absolute Gasteiger partial charge is 0.256 e. The van der Waals surface area contributed by atoms with Gasteiger partial charge in [0.1, 0.15) is 0 Å². The van der Waals surface area contributed by atoms with Crippen LogP contribution in [0.5, 0.6) is 0 Å². The van der Waals surface area contributed by atoms with E-state index >= 15 is 0 Å². The van der Waals surface area contributed by atoms with Crippen LogP contribution in [-0.4, -0.2) is 12.5 Å². The summed E-state index contributed by atoms with van der Waals surface area (Å²) in [6, 6.07) is 12.1. The van der Waals surface area contributed by atoms with E-state index in [1.165, 1.54) is 5.56 Å². The fourth-order valence-electron chi connectivity index (χ4n) is 2.79. The molecule has 21 heavy (non-hydrogen) atoms. The Bertz CT molecular complexity index is 692. The van der Waals surface area contributed by atoms with Crippen molar-refractivity contribution in [2.75, 3.05) is 11.9 Å². The Kier molecular flexibility index (Phi) is 3.76. The van der Waals surface area contributed by atoms with Gasteiger partial charge in [0.2, 0.25) is 0 Å². The largest absolute Gasteiger partial charge is 0.322 e. The molecule has 1 amide bonds. The van der Waals surface area contributed by atoms with Gasteiger partial charge < -0.3 is 10.6 Å². The number of benzene rings is 2. The summed E-state index contributed by atoms with van der Waals surface area (Å²) < 4.78 is 0. The van der Waals surface area contributed by atoms with Crippen molar-refractivity contribution in [2.45, 2.75) is 26.8 Å². The number of carbonyl (C=O) groups is 1. The van der Waals surface area contributed by atoms with E-state index < -0.39 is 0 Å². The molecule has 0 bridgehead atoms. The molecule has 0 radical (unpaired) electrons. The van der Waals surface area contributed by atoms with Crippen LogP contribution < -0.4 is 10.6 Å². The van der Waals surface area contributed by atoms with Crippen LogP contribution in [-0.2, 0) is 13.0 Å².